The van der Waals surface area contributed by atoms with Gasteiger partial charge in [0.1, 0.15) is 0 Å². The van der Waals surface area contributed by atoms with Crippen LogP contribution in [0, 0.1) is 0 Å². The van der Waals surface area contributed by atoms with Gasteiger partial charge in [0, 0.05) is 38.3 Å². The maximum atomic E-state index is 11.9. The largest absolute Gasteiger partial charge is 0.325 e. The van der Waals surface area contributed by atoms with Crippen LogP contribution >= 0.6 is 0 Å². The second kappa shape index (κ2) is 8.86. The molecule has 1 aliphatic rings. The SMILES string of the molecule is CN(CCC(=O)Nc1cccnc1)CCN(C)C1CCCC1. The number of anilines is 1. The van der Waals surface area contributed by atoms with E-state index in [0.717, 1.165) is 31.4 Å². The maximum absolute atomic E-state index is 11.9. The highest BCUT2D eigenvalue weighted by molar-refractivity contribution is 5.90. The molecule has 0 atom stereocenters. The number of aromatic nitrogens is 1. The third kappa shape index (κ3) is 5.73. The number of nitrogens with one attached hydrogen (secondary N) is 1. The van der Waals surface area contributed by atoms with Crippen LogP contribution in [0.4, 0.5) is 5.69 Å². The molecule has 1 saturated carbocycles. The van der Waals surface area contributed by atoms with E-state index in [2.05, 4.69) is 34.2 Å². The van der Waals surface area contributed by atoms with Gasteiger partial charge in [-0.2, -0.15) is 0 Å². The van der Waals surface area contributed by atoms with Crippen molar-refractivity contribution in [2.24, 2.45) is 0 Å². The van der Waals surface area contributed by atoms with E-state index < -0.39 is 0 Å². The maximum Gasteiger partial charge on any atom is 0.225 e. The molecule has 1 amide bonds. The normalized spacial score (nSPS) is 15.6. The number of hydrogen-bond donors (Lipinski definition) is 1. The third-order valence-electron chi connectivity index (χ3n) is 4.45. The van der Waals surface area contributed by atoms with Gasteiger partial charge in [-0.3, -0.25) is 9.78 Å². The van der Waals surface area contributed by atoms with Crippen LogP contribution in [0.15, 0.2) is 24.5 Å². The molecule has 22 heavy (non-hydrogen) atoms. The van der Waals surface area contributed by atoms with Crippen LogP contribution in [0.3, 0.4) is 0 Å². The first-order valence-electron chi connectivity index (χ1n) is 8.24. The van der Waals surface area contributed by atoms with Crippen LogP contribution in [0.2, 0.25) is 0 Å². The first-order valence-corrected chi connectivity index (χ1v) is 8.24. The molecule has 0 saturated heterocycles. The average molecular weight is 304 g/mol. The molecule has 5 nitrogen and oxygen atoms in total. The van der Waals surface area contributed by atoms with Crippen LogP contribution in [0.1, 0.15) is 32.1 Å². The van der Waals surface area contributed by atoms with Gasteiger partial charge in [0.2, 0.25) is 5.91 Å². The average Bonchev–Trinajstić information content (AvgIpc) is 3.06. The summed E-state index contributed by atoms with van der Waals surface area (Å²) < 4.78 is 0. The number of rotatable bonds is 8. The zero-order valence-corrected chi connectivity index (χ0v) is 13.8. The van der Waals surface area contributed by atoms with Gasteiger partial charge in [0.15, 0.2) is 0 Å². The summed E-state index contributed by atoms with van der Waals surface area (Å²) in [4.78, 5) is 20.6. The Morgan fingerprint density at radius 1 is 1.27 bits per heavy atom. The van der Waals surface area contributed by atoms with Crippen LogP contribution in [-0.2, 0) is 4.79 Å². The van der Waals surface area contributed by atoms with E-state index in [-0.39, 0.29) is 5.91 Å². The van der Waals surface area contributed by atoms with Gasteiger partial charge in [-0.15, -0.1) is 0 Å². The fourth-order valence-corrected chi connectivity index (χ4v) is 2.92. The minimum absolute atomic E-state index is 0.0454. The van der Waals surface area contributed by atoms with E-state index in [1.807, 2.05) is 12.1 Å². The minimum Gasteiger partial charge on any atom is -0.325 e. The molecule has 5 heteroatoms. The number of carbonyl (C=O) groups excluding carboxylic acids is 1. The van der Waals surface area contributed by atoms with Crippen LogP contribution in [0.25, 0.3) is 0 Å². The lowest BCUT2D eigenvalue weighted by Gasteiger charge is -2.26. The predicted octanol–water partition coefficient (Wildman–Crippen LogP) is 2.22. The fraction of sp³-hybridized carbons (Fsp3) is 0.647. The smallest absolute Gasteiger partial charge is 0.225 e. The van der Waals surface area contributed by atoms with Crippen molar-refractivity contribution in [1.29, 1.82) is 0 Å². The molecule has 1 heterocycles. The molecule has 0 aliphatic heterocycles. The van der Waals surface area contributed by atoms with Gasteiger partial charge in [-0.05, 0) is 39.1 Å². The highest BCUT2D eigenvalue weighted by Crippen LogP contribution is 2.21. The minimum atomic E-state index is 0.0454. The lowest BCUT2D eigenvalue weighted by molar-refractivity contribution is -0.116. The van der Waals surface area contributed by atoms with Crippen molar-refractivity contribution in [2.75, 3.05) is 39.0 Å². The Morgan fingerprint density at radius 3 is 2.73 bits per heavy atom. The summed E-state index contributed by atoms with van der Waals surface area (Å²) in [6, 6.07) is 4.44. The van der Waals surface area contributed by atoms with E-state index in [1.165, 1.54) is 25.7 Å². The summed E-state index contributed by atoms with van der Waals surface area (Å²) in [6.07, 6.45) is 9.31. The Kier molecular flexibility index (Phi) is 6.80. The molecule has 1 aliphatic carbocycles. The molecule has 0 aromatic carbocycles. The highest BCUT2D eigenvalue weighted by atomic mass is 16.1. The number of carbonyl (C=O) groups is 1. The summed E-state index contributed by atoms with van der Waals surface area (Å²) >= 11 is 0. The molecule has 1 fully saturated rings. The first kappa shape index (κ1) is 16.9. The van der Waals surface area contributed by atoms with Gasteiger partial charge in [-0.25, -0.2) is 0 Å². The molecule has 0 bridgehead atoms. The lowest BCUT2D eigenvalue weighted by atomic mass is 10.2. The lowest BCUT2D eigenvalue weighted by Crippen LogP contribution is -2.37. The van der Waals surface area contributed by atoms with Gasteiger partial charge in [0.05, 0.1) is 11.9 Å². The van der Waals surface area contributed by atoms with Gasteiger partial charge >= 0.3 is 0 Å². The number of amides is 1. The Labute approximate surface area is 133 Å². The molecule has 1 N–H and O–H groups in total. The van der Waals surface area contributed by atoms with Crippen molar-refractivity contribution in [3.8, 4) is 0 Å². The van der Waals surface area contributed by atoms with E-state index in [4.69, 9.17) is 0 Å². The third-order valence-corrected chi connectivity index (χ3v) is 4.45. The quantitative estimate of drug-likeness (QED) is 0.800. The fourth-order valence-electron chi connectivity index (χ4n) is 2.92. The molecule has 0 unspecified atom stereocenters. The van der Waals surface area contributed by atoms with Crippen LogP contribution < -0.4 is 5.32 Å². The predicted molar refractivity (Wildman–Crippen MR) is 89.9 cm³/mol. The zero-order valence-electron chi connectivity index (χ0n) is 13.8. The number of nitrogens with zero attached hydrogens (tertiary/aromatic N) is 3. The molecule has 2 rings (SSSR count). The molecular formula is C17H28N4O. The molecule has 1 aromatic rings. The second-order valence-corrected chi connectivity index (χ2v) is 6.26. The molecule has 0 spiro atoms. The Hall–Kier alpha value is -1.46. The monoisotopic (exact) mass is 304 g/mol. The van der Waals surface area contributed by atoms with Crippen molar-refractivity contribution in [1.82, 2.24) is 14.8 Å². The Morgan fingerprint density at radius 2 is 2.05 bits per heavy atom. The van der Waals surface area contributed by atoms with Gasteiger partial charge in [0.25, 0.3) is 0 Å². The molecule has 1 aromatic heterocycles. The van der Waals surface area contributed by atoms with Gasteiger partial charge < -0.3 is 15.1 Å². The van der Waals surface area contributed by atoms with E-state index >= 15 is 0 Å². The Balaban J connectivity index is 1.60. The van der Waals surface area contributed by atoms with E-state index in [1.54, 1.807) is 12.4 Å². The van der Waals surface area contributed by atoms with Crippen LogP contribution in [-0.4, -0.2) is 60.5 Å². The van der Waals surface area contributed by atoms with Crippen molar-refractivity contribution in [3.05, 3.63) is 24.5 Å². The summed E-state index contributed by atoms with van der Waals surface area (Å²) in [6.45, 7) is 2.86. The Bertz CT molecular complexity index is 445. The summed E-state index contributed by atoms with van der Waals surface area (Å²) in [7, 11) is 4.30. The van der Waals surface area contributed by atoms with Crippen LogP contribution in [0.5, 0.6) is 0 Å². The summed E-state index contributed by atoms with van der Waals surface area (Å²) in [5.41, 5.74) is 0.760. The topological polar surface area (TPSA) is 48.5 Å². The first-order chi connectivity index (χ1) is 10.6. The van der Waals surface area contributed by atoms with Gasteiger partial charge in [-0.1, -0.05) is 12.8 Å². The summed E-state index contributed by atoms with van der Waals surface area (Å²) in [5, 5.41) is 2.87. The second-order valence-electron chi connectivity index (χ2n) is 6.26. The van der Waals surface area contributed by atoms with Crippen molar-refractivity contribution < 1.29 is 4.79 Å². The molecule has 122 valence electrons. The number of hydrogen-bond acceptors (Lipinski definition) is 4. The molecule has 0 radical (unpaired) electrons. The van der Waals surface area contributed by atoms with Crippen molar-refractivity contribution in [2.45, 2.75) is 38.1 Å². The molecular weight excluding hydrogens is 276 g/mol. The number of likely N-dealkylation sites (N-methyl/N-ethyl adjacent to an activating group) is 2. The number of pyridine rings is 1. The highest BCUT2D eigenvalue weighted by Gasteiger charge is 2.19. The van der Waals surface area contributed by atoms with Crippen molar-refractivity contribution >= 4 is 11.6 Å². The van der Waals surface area contributed by atoms with Crippen molar-refractivity contribution in [3.63, 3.8) is 0 Å². The summed E-state index contributed by atoms with van der Waals surface area (Å²) in [5.74, 6) is 0.0454. The standard InChI is InChI=1S/C17H28N4O/c1-20(12-13-21(2)16-7-3-4-8-16)11-9-17(22)19-15-6-5-10-18-14-15/h5-6,10,14,16H,3-4,7-9,11-13H2,1-2H3,(H,19,22). The van der Waals surface area contributed by atoms with E-state index in [9.17, 15) is 4.79 Å². The van der Waals surface area contributed by atoms with E-state index in [0.29, 0.717) is 6.42 Å². The zero-order chi connectivity index (χ0) is 15.8.